The van der Waals surface area contributed by atoms with Crippen LogP contribution in [0, 0.1) is 6.92 Å². The molecule has 2 aromatic heterocycles. The van der Waals surface area contributed by atoms with Gasteiger partial charge in [-0.1, -0.05) is 0 Å². The smallest absolute Gasteiger partial charge is 0.222 e. The van der Waals surface area contributed by atoms with Crippen LogP contribution in [0.2, 0.25) is 0 Å². The normalized spacial score (nSPS) is 15.4. The van der Waals surface area contributed by atoms with Gasteiger partial charge in [0.15, 0.2) is 0 Å². The molecule has 5 nitrogen and oxygen atoms in total. The Morgan fingerprint density at radius 2 is 2.27 bits per heavy atom. The molecule has 1 amide bonds. The van der Waals surface area contributed by atoms with Crippen molar-refractivity contribution in [3.05, 3.63) is 33.5 Å². The first-order chi connectivity index (χ1) is 10.6. The molecule has 22 heavy (non-hydrogen) atoms. The standard InChI is InChI=1S/C16H22N4OS/c1-11-9-17-20(10-11)8-7-15(21)18-12(2)16-19-13-5-3-4-6-14(13)22-16/h9-10,12H,3-8H2,1-2H3,(H,18,21). The molecule has 0 aromatic carbocycles. The Hall–Kier alpha value is -1.69. The van der Waals surface area contributed by atoms with Gasteiger partial charge in [-0.05, 0) is 45.1 Å². The molecule has 2 aromatic rings. The maximum absolute atomic E-state index is 12.1. The third-order valence-corrected chi connectivity index (χ3v) is 5.28. The van der Waals surface area contributed by atoms with E-state index in [9.17, 15) is 4.79 Å². The van der Waals surface area contributed by atoms with Crippen LogP contribution in [0.5, 0.6) is 0 Å². The number of hydrogen-bond acceptors (Lipinski definition) is 4. The van der Waals surface area contributed by atoms with Crippen molar-refractivity contribution in [1.82, 2.24) is 20.1 Å². The molecule has 0 saturated carbocycles. The molecule has 0 spiro atoms. The van der Waals surface area contributed by atoms with Crippen LogP contribution >= 0.6 is 11.3 Å². The third-order valence-electron chi connectivity index (χ3n) is 3.94. The van der Waals surface area contributed by atoms with Crippen LogP contribution in [0.4, 0.5) is 0 Å². The van der Waals surface area contributed by atoms with Gasteiger partial charge < -0.3 is 5.32 Å². The van der Waals surface area contributed by atoms with Crippen LogP contribution in [0.1, 0.15) is 53.4 Å². The van der Waals surface area contributed by atoms with Gasteiger partial charge in [0.2, 0.25) is 5.91 Å². The van der Waals surface area contributed by atoms with Gasteiger partial charge in [0.05, 0.1) is 17.9 Å². The largest absolute Gasteiger partial charge is 0.347 e. The Morgan fingerprint density at radius 3 is 3.00 bits per heavy atom. The summed E-state index contributed by atoms with van der Waals surface area (Å²) in [6, 6.07) is -0.0116. The third kappa shape index (κ3) is 3.55. The summed E-state index contributed by atoms with van der Waals surface area (Å²) in [4.78, 5) is 18.2. The number of carbonyl (C=O) groups is 1. The van der Waals surface area contributed by atoms with Gasteiger partial charge in [-0.3, -0.25) is 9.48 Å². The molecule has 0 aliphatic heterocycles. The summed E-state index contributed by atoms with van der Waals surface area (Å²) in [6.07, 6.45) is 8.93. The van der Waals surface area contributed by atoms with Crippen molar-refractivity contribution in [3.8, 4) is 0 Å². The predicted octanol–water partition coefficient (Wildman–Crippen LogP) is 2.79. The topological polar surface area (TPSA) is 59.8 Å². The molecule has 0 bridgehead atoms. The number of aryl methyl sites for hydroxylation is 4. The number of aromatic nitrogens is 3. The number of nitrogens with zero attached hydrogens (tertiary/aromatic N) is 3. The number of carbonyl (C=O) groups excluding carboxylic acids is 1. The number of nitrogens with one attached hydrogen (secondary N) is 1. The number of amides is 1. The van der Waals surface area contributed by atoms with Crippen molar-refractivity contribution in [2.75, 3.05) is 0 Å². The molecule has 6 heteroatoms. The summed E-state index contributed by atoms with van der Waals surface area (Å²) in [5, 5.41) is 8.28. The Labute approximate surface area is 134 Å². The SMILES string of the molecule is Cc1cnn(CCC(=O)NC(C)c2nc3c(s2)CCCC3)c1. The molecular weight excluding hydrogens is 296 g/mol. The lowest BCUT2D eigenvalue weighted by Crippen LogP contribution is -2.27. The van der Waals surface area contributed by atoms with Crippen LogP contribution < -0.4 is 5.32 Å². The van der Waals surface area contributed by atoms with Gasteiger partial charge in [-0.15, -0.1) is 11.3 Å². The average Bonchev–Trinajstić information content (AvgIpc) is 3.11. The van der Waals surface area contributed by atoms with Crippen LogP contribution in [0.25, 0.3) is 0 Å². The van der Waals surface area contributed by atoms with E-state index in [0.29, 0.717) is 13.0 Å². The van der Waals surface area contributed by atoms with Gasteiger partial charge in [-0.2, -0.15) is 5.10 Å². The number of thiazole rings is 1. The zero-order chi connectivity index (χ0) is 15.5. The first kappa shape index (κ1) is 15.2. The summed E-state index contributed by atoms with van der Waals surface area (Å²) < 4.78 is 1.81. The lowest BCUT2D eigenvalue weighted by Gasteiger charge is -2.11. The molecule has 118 valence electrons. The van der Waals surface area contributed by atoms with Crippen LogP contribution in [-0.2, 0) is 24.2 Å². The van der Waals surface area contributed by atoms with E-state index in [1.807, 2.05) is 24.7 Å². The summed E-state index contributed by atoms with van der Waals surface area (Å²) in [5.41, 5.74) is 2.36. The van der Waals surface area contributed by atoms with Crippen molar-refractivity contribution in [2.24, 2.45) is 0 Å². The quantitative estimate of drug-likeness (QED) is 0.922. The molecule has 0 saturated heterocycles. The second-order valence-corrected chi connectivity index (χ2v) is 7.06. The van der Waals surface area contributed by atoms with E-state index in [1.165, 1.54) is 23.4 Å². The molecule has 1 aliphatic carbocycles. The number of rotatable bonds is 5. The first-order valence-electron chi connectivity index (χ1n) is 7.88. The highest BCUT2D eigenvalue weighted by molar-refractivity contribution is 7.11. The fraction of sp³-hybridized carbons (Fsp3) is 0.562. The Balaban J connectivity index is 1.53. The second kappa shape index (κ2) is 6.60. The lowest BCUT2D eigenvalue weighted by molar-refractivity contribution is -0.122. The van der Waals surface area contributed by atoms with Crippen molar-refractivity contribution >= 4 is 17.2 Å². The Kier molecular flexibility index (Phi) is 4.57. The lowest BCUT2D eigenvalue weighted by atomic mass is 10.0. The zero-order valence-corrected chi connectivity index (χ0v) is 13.9. The van der Waals surface area contributed by atoms with Crippen molar-refractivity contribution in [2.45, 2.75) is 58.5 Å². The molecule has 1 aliphatic rings. The van der Waals surface area contributed by atoms with Gasteiger partial charge >= 0.3 is 0 Å². The maximum atomic E-state index is 12.1. The van der Waals surface area contributed by atoms with Crippen LogP contribution in [-0.4, -0.2) is 20.7 Å². The molecule has 3 rings (SSSR count). The average molecular weight is 318 g/mol. The highest BCUT2D eigenvalue weighted by Gasteiger charge is 2.19. The van der Waals surface area contributed by atoms with E-state index in [1.54, 1.807) is 17.5 Å². The highest BCUT2D eigenvalue weighted by Crippen LogP contribution is 2.29. The van der Waals surface area contributed by atoms with Gasteiger partial charge in [0.1, 0.15) is 5.01 Å². The zero-order valence-electron chi connectivity index (χ0n) is 13.1. The minimum Gasteiger partial charge on any atom is -0.347 e. The molecule has 1 atom stereocenters. The van der Waals surface area contributed by atoms with E-state index in [2.05, 4.69) is 10.4 Å². The van der Waals surface area contributed by atoms with E-state index < -0.39 is 0 Å². The minimum atomic E-state index is -0.0116. The van der Waals surface area contributed by atoms with Crippen LogP contribution in [0.3, 0.4) is 0 Å². The van der Waals surface area contributed by atoms with Gasteiger partial charge in [0, 0.05) is 24.0 Å². The number of hydrogen-bond donors (Lipinski definition) is 1. The fourth-order valence-electron chi connectivity index (χ4n) is 2.74. The first-order valence-corrected chi connectivity index (χ1v) is 8.70. The van der Waals surface area contributed by atoms with Gasteiger partial charge in [0.25, 0.3) is 0 Å². The van der Waals surface area contributed by atoms with E-state index in [4.69, 9.17) is 4.98 Å². The summed E-state index contributed by atoms with van der Waals surface area (Å²) in [7, 11) is 0. The fourth-order valence-corrected chi connectivity index (χ4v) is 3.89. The highest BCUT2D eigenvalue weighted by atomic mass is 32.1. The second-order valence-electron chi connectivity index (χ2n) is 5.95. The monoisotopic (exact) mass is 318 g/mol. The molecule has 2 heterocycles. The molecule has 0 radical (unpaired) electrons. The van der Waals surface area contributed by atoms with E-state index >= 15 is 0 Å². The molecule has 1 unspecified atom stereocenters. The van der Waals surface area contributed by atoms with Crippen LogP contribution in [0.15, 0.2) is 12.4 Å². The van der Waals surface area contributed by atoms with Crippen molar-refractivity contribution < 1.29 is 4.79 Å². The van der Waals surface area contributed by atoms with Crippen molar-refractivity contribution in [3.63, 3.8) is 0 Å². The molecule has 1 N–H and O–H groups in total. The Bertz CT molecular complexity index is 637. The predicted molar refractivity (Wildman–Crippen MR) is 86.9 cm³/mol. The summed E-state index contributed by atoms with van der Waals surface area (Å²) >= 11 is 1.76. The molecule has 0 fully saturated rings. The number of fused-ring (bicyclic) bond motifs is 1. The summed E-state index contributed by atoms with van der Waals surface area (Å²) in [6.45, 7) is 4.62. The van der Waals surface area contributed by atoms with Gasteiger partial charge in [-0.25, -0.2) is 4.98 Å². The van der Waals surface area contributed by atoms with E-state index in [-0.39, 0.29) is 11.9 Å². The summed E-state index contributed by atoms with van der Waals surface area (Å²) in [5.74, 6) is 0.0498. The minimum absolute atomic E-state index is 0.0116. The van der Waals surface area contributed by atoms with Crippen molar-refractivity contribution in [1.29, 1.82) is 0 Å². The Morgan fingerprint density at radius 1 is 1.45 bits per heavy atom. The molecular formula is C16H22N4OS. The maximum Gasteiger partial charge on any atom is 0.222 e. The van der Waals surface area contributed by atoms with E-state index in [0.717, 1.165) is 23.4 Å².